The van der Waals surface area contributed by atoms with Crippen LogP contribution in [-0.2, 0) is 14.6 Å². The van der Waals surface area contributed by atoms with Gasteiger partial charge < -0.3 is 10.1 Å². The summed E-state index contributed by atoms with van der Waals surface area (Å²) in [6.45, 7) is 1.77. The molecule has 100 valence electrons. The predicted octanol–water partition coefficient (Wildman–Crippen LogP) is 0.970. The van der Waals surface area contributed by atoms with Gasteiger partial charge >= 0.3 is 0 Å². The molecule has 1 saturated carbocycles. The number of nitrogens with one attached hydrogen (secondary N) is 1. The highest BCUT2D eigenvalue weighted by Crippen LogP contribution is 2.43. The van der Waals surface area contributed by atoms with Crippen molar-refractivity contribution in [1.82, 2.24) is 5.32 Å². The summed E-state index contributed by atoms with van der Waals surface area (Å²) in [5, 5.41) is 3.45. The summed E-state index contributed by atoms with van der Waals surface area (Å²) >= 11 is 0. The highest BCUT2D eigenvalue weighted by atomic mass is 32.2. The average Bonchev–Trinajstić information content (AvgIpc) is 2.56. The molecule has 2 fully saturated rings. The molecule has 1 unspecified atom stereocenters. The number of ether oxygens (including phenoxy) is 1. The maximum Gasteiger partial charge on any atom is 0.151 e. The first-order chi connectivity index (χ1) is 8.05. The van der Waals surface area contributed by atoms with Gasteiger partial charge in [0.2, 0.25) is 0 Å². The van der Waals surface area contributed by atoms with Crippen molar-refractivity contribution in [3.05, 3.63) is 0 Å². The number of methoxy groups -OCH3 is 1. The molecule has 17 heavy (non-hydrogen) atoms. The lowest BCUT2D eigenvalue weighted by atomic mass is 9.66. The van der Waals surface area contributed by atoms with Crippen LogP contribution in [0, 0.1) is 5.41 Å². The first kappa shape index (κ1) is 13.3. The van der Waals surface area contributed by atoms with Gasteiger partial charge in [0.15, 0.2) is 9.84 Å². The topological polar surface area (TPSA) is 55.4 Å². The van der Waals surface area contributed by atoms with Crippen molar-refractivity contribution in [2.75, 3.05) is 31.8 Å². The van der Waals surface area contributed by atoms with Crippen molar-refractivity contribution < 1.29 is 13.2 Å². The number of sulfone groups is 1. The van der Waals surface area contributed by atoms with Gasteiger partial charge in [-0.1, -0.05) is 6.42 Å². The van der Waals surface area contributed by atoms with Crippen LogP contribution in [0.4, 0.5) is 0 Å². The Morgan fingerprint density at radius 2 is 2.18 bits per heavy atom. The third-order valence-corrected chi connectivity index (χ3v) is 6.02. The van der Waals surface area contributed by atoms with Crippen LogP contribution in [0.5, 0.6) is 0 Å². The standard InChI is InChI=1S/C12H23NO3S/c1-16-7-6-12(4-2-5-12)10-13-11-3-8-17(14,15)9-11/h11,13H,2-10H2,1H3. The van der Waals surface area contributed by atoms with E-state index in [-0.39, 0.29) is 6.04 Å². The Morgan fingerprint density at radius 3 is 2.65 bits per heavy atom. The fraction of sp³-hybridized carbons (Fsp3) is 1.00. The third-order valence-electron chi connectivity index (χ3n) is 4.25. The minimum Gasteiger partial charge on any atom is -0.385 e. The van der Waals surface area contributed by atoms with E-state index < -0.39 is 9.84 Å². The summed E-state index contributed by atoms with van der Waals surface area (Å²) in [5.41, 5.74) is 0.377. The van der Waals surface area contributed by atoms with Gasteiger partial charge in [-0.25, -0.2) is 8.42 Å². The van der Waals surface area contributed by atoms with Crippen LogP contribution in [-0.4, -0.2) is 46.2 Å². The van der Waals surface area contributed by atoms with Crippen LogP contribution in [0.15, 0.2) is 0 Å². The van der Waals surface area contributed by atoms with Crippen LogP contribution in [0.3, 0.4) is 0 Å². The monoisotopic (exact) mass is 261 g/mol. The summed E-state index contributed by atoms with van der Waals surface area (Å²) in [5.74, 6) is 0.684. The maximum absolute atomic E-state index is 11.4. The fourth-order valence-corrected chi connectivity index (χ4v) is 4.54. The Morgan fingerprint density at radius 1 is 1.41 bits per heavy atom. The molecule has 2 rings (SSSR count). The van der Waals surface area contributed by atoms with Gasteiger partial charge in [0.05, 0.1) is 11.5 Å². The van der Waals surface area contributed by atoms with Crippen molar-refractivity contribution in [1.29, 1.82) is 0 Å². The lowest BCUT2D eigenvalue weighted by Crippen LogP contribution is -2.44. The summed E-state index contributed by atoms with van der Waals surface area (Å²) in [6, 6.07) is 0.181. The molecule has 5 heteroatoms. The molecule has 0 spiro atoms. The van der Waals surface area contributed by atoms with Gasteiger partial charge in [-0.2, -0.15) is 0 Å². The summed E-state index contributed by atoms with van der Waals surface area (Å²) < 4.78 is 27.9. The lowest BCUT2D eigenvalue weighted by molar-refractivity contribution is 0.0671. The van der Waals surface area contributed by atoms with E-state index in [2.05, 4.69) is 5.32 Å². The molecule has 2 aliphatic rings. The Bertz CT molecular complexity index is 349. The van der Waals surface area contributed by atoms with E-state index in [9.17, 15) is 8.42 Å². The first-order valence-electron chi connectivity index (χ1n) is 6.48. The molecule has 1 aliphatic heterocycles. The smallest absolute Gasteiger partial charge is 0.151 e. The Hall–Kier alpha value is -0.130. The van der Waals surface area contributed by atoms with Crippen molar-refractivity contribution >= 4 is 9.84 Å². The predicted molar refractivity (Wildman–Crippen MR) is 67.8 cm³/mol. The molecule has 0 aromatic heterocycles. The highest BCUT2D eigenvalue weighted by Gasteiger charge is 2.37. The van der Waals surface area contributed by atoms with Gasteiger partial charge in [0, 0.05) is 26.3 Å². The molecule has 0 bridgehead atoms. The van der Waals surface area contributed by atoms with Gasteiger partial charge in [-0.3, -0.25) is 0 Å². The van der Waals surface area contributed by atoms with Crippen LogP contribution in [0.25, 0.3) is 0 Å². The molecule has 1 aliphatic carbocycles. The van der Waals surface area contributed by atoms with Gasteiger partial charge in [-0.15, -0.1) is 0 Å². The summed E-state index contributed by atoms with van der Waals surface area (Å²) in [7, 11) is -1.02. The summed E-state index contributed by atoms with van der Waals surface area (Å²) in [4.78, 5) is 0. The molecule has 0 amide bonds. The quantitative estimate of drug-likeness (QED) is 0.774. The molecule has 1 atom stereocenters. The Kier molecular flexibility index (Phi) is 4.10. The van der Waals surface area contributed by atoms with Gasteiger partial charge in [0.25, 0.3) is 0 Å². The lowest BCUT2D eigenvalue weighted by Gasteiger charge is -2.42. The largest absolute Gasteiger partial charge is 0.385 e. The van der Waals surface area contributed by atoms with E-state index in [0.717, 1.165) is 26.0 Å². The molecular weight excluding hydrogens is 238 g/mol. The van der Waals surface area contributed by atoms with E-state index >= 15 is 0 Å². The Labute approximate surface area is 104 Å². The minimum atomic E-state index is -2.76. The van der Waals surface area contributed by atoms with Crippen LogP contribution < -0.4 is 5.32 Å². The molecule has 4 nitrogen and oxygen atoms in total. The molecular formula is C12H23NO3S. The first-order valence-corrected chi connectivity index (χ1v) is 8.30. The molecule has 0 radical (unpaired) electrons. The Balaban J connectivity index is 1.77. The van der Waals surface area contributed by atoms with Gasteiger partial charge in [-0.05, 0) is 31.1 Å². The van der Waals surface area contributed by atoms with E-state index in [1.165, 1.54) is 19.3 Å². The number of hydrogen-bond acceptors (Lipinski definition) is 4. The van der Waals surface area contributed by atoms with E-state index in [4.69, 9.17) is 4.74 Å². The molecule has 1 saturated heterocycles. The van der Waals surface area contributed by atoms with Crippen LogP contribution in [0.2, 0.25) is 0 Å². The molecule has 0 aromatic rings. The zero-order valence-corrected chi connectivity index (χ0v) is 11.4. The second kappa shape index (κ2) is 5.24. The van der Waals surface area contributed by atoms with Crippen LogP contribution in [0.1, 0.15) is 32.1 Å². The zero-order chi connectivity index (χ0) is 12.4. The van der Waals surface area contributed by atoms with Gasteiger partial charge in [0.1, 0.15) is 0 Å². The van der Waals surface area contributed by atoms with E-state index in [1.807, 2.05) is 0 Å². The van der Waals surface area contributed by atoms with Crippen molar-refractivity contribution in [2.45, 2.75) is 38.1 Å². The average molecular weight is 261 g/mol. The third kappa shape index (κ3) is 3.42. The second-order valence-electron chi connectivity index (χ2n) is 5.58. The number of hydrogen-bond donors (Lipinski definition) is 1. The molecule has 0 aromatic carbocycles. The normalized spacial score (nSPS) is 30.1. The van der Waals surface area contributed by atoms with Crippen LogP contribution >= 0.6 is 0 Å². The van der Waals surface area contributed by atoms with E-state index in [0.29, 0.717) is 16.9 Å². The fourth-order valence-electron chi connectivity index (χ4n) is 2.83. The minimum absolute atomic E-state index is 0.181. The SMILES string of the molecule is COCCC1(CNC2CCS(=O)(=O)C2)CCC1. The highest BCUT2D eigenvalue weighted by molar-refractivity contribution is 7.91. The molecule has 1 heterocycles. The van der Waals surface area contributed by atoms with Crippen molar-refractivity contribution in [3.8, 4) is 0 Å². The van der Waals surface area contributed by atoms with Crippen molar-refractivity contribution in [3.63, 3.8) is 0 Å². The second-order valence-corrected chi connectivity index (χ2v) is 7.81. The van der Waals surface area contributed by atoms with Crippen molar-refractivity contribution in [2.24, 2.45) is 5.41 Å². The zero-order valence-electron chi connectivity index (χ0n) is 10.6. The summed E-state index contributed by atoms with van der Waals surface area (Å²) in [6.07, 6.45) is 5.68. The maximum atomic E-state index is 11.4. The number of rotatable bonds is 6. The van der Waals surface area contributed by atoms with E-state index in [1.54, 1.807) is 7.11 Å². The molecule has 1 N–H and O–H groups in total.